The molecule has 116 valence electrons. The number of rotatable bonds is 6. The molecular weight excluding hydrogens is 319 g/mol. The summed E-state index contributed by atoms with van der Waals surface area (Å²) in [6.45, 7) is 3.90. The molecule has 0 radical (unpaired) electrons. The summed E-state index contributed by atoms with van der Waals surface area (Å²) in [7, 11) is 0. The molecule has 0 aliphatic rings. The molecule has 0 unspecified atom stereocenters. The zero-order chi connectivity index (χ0) is 15.9. The van der Waals surface area contributed by atoms with E-state index in [2.05, 4.69) is 22.3 Å². The molecule has 0 fully saturated rings. The monoisotopic (exact) mass is 336 g/mol. The minimum atomic E-state index is -0.0730. The molecule has 0 heterocycles. The van der Waals surface area contributed by atoms with Crippen molar-refractivity contribution in [3.63, 3.8) is 0 Å². The van der Waals surface area contributed by atoms with Crippen molar-refractivity contribution >= 4 is 34.8 Å². The van der Waals surface area contributed by atoms with Gasteiger partial charge in [0, 0.05) is 12.2 Å². The summed E-state index contributed by atoms with van der Waals surface area (Å²) in [6, 6.07) is 15.1. The number of nitrogens with zero attached hydrogens (tertiary/aromatic N) is 1. The van der Waals surface area contributed by atoms with Crippen molar-refractivity contribution in [3.05, 3.63) is 64.1 Å². The molecule has 0 atom stereocenters. The second-order valence-corrected chi connectivity index (χ2v) is 5.78. The first-order valence-electron chi connectivity index (χ1n) is 7.09. The van der Waals surface area contributed by atoms with Crippen molar-refractivity contribution in [1.82, 2.24) is 4.90 Å². The zero-order valence-corrected chi connectivity index (χ0v) is 13.9. The van der Waals surface area contributed by atoms with Crippen LogP contribution >= 0.6 is 23.2 Å². The van der Waals surface area contributed by atoms with E-state index in [1.807, 2.05) is 25.1 Å². The standard InChI is InChI=1S/C17H18Cl2N2O/c1-2-21(11-13-6-4-3-5-7-13)12-17(22)20-14-8-9-15(18)16(19)10-14/h3-10H,2,11-12H2,1H3,(H,20,22). The van der Waals surface area contributed by atoms with E-state index in [0.717, 1.165) is 13.1 Å². The average Bonchev–Trinajstić information content (AvgIpc) is 2.51. The fourth-order valence-corrected chi connectivity index (χ4v) is 2.40. The molecule has 5 heteroatoms. The van der Waals surface area contributed by atoms with Crippen LogP contribution in [-0.2, 0) is 11.3 Å². The molecule has 0 spiro atoms. The number of halogens is 2. The first-order chi connectivity index (χ1) is 10.6. The molecule has 2 rings (SSSR count). The molecule has 0 aliphatic heterocycles. The fourth-order valence-electron chi connectivity index (χ4n) is 2.10. The van der Waals surface area contributed by atoms with Crippen molar-refractivity contribution in [2.24, 2.45) is 0 Å². The number of anilines is 1. The van der Waals surface area contributed by atoms with Crippen molar-refractivity contribution in [1.29, 1.82) is 0 Å². The number of carbonyl (C=O) groups excluding carboxylic acids is 1. The van der Waals surface area contributed by atoms with Gasteiger partial charge < -0.3 is 5.32 Å². The second-order valence-electron chi connectivity index (χ2n) is 4.97. The normalized spacial score (nSPS) is 10.7. The minimum absolute atomic E-state index is 0.0730. The summed E-state index contributed by atoms with van der Waals surface area (Å²) < 4.78 is 0. The third-order valence-corrected chi connectivity index (χ3v) is 4.01. The Morgan fingerprint density at radius 3 is 2.45 bits per heavy atom. The van der Waals surface area contributed by atoms with Gasteiger partial charge in [-0.2, -0.15) is 0 Å². The SMILES string of the molecule is CCN(CC(=O)Nc1ccc(Cl)c(Cl)c1)Cc1ccccc1. The van der Waals surface area contributed by atoms with Crippen LogP contribution in [0, 0.1) is 0 Å². The van der Waals surface area contributed by atoms with Crippen LogP contribution in [0.25, 0.3) is 0 Å². The Morgan fingerprint density at radius 2 is 1.82 bits per heavy atom. The predicted octanol–water partition coefficient (Wildman–Crippen LogP) is 4.45. The summed E-state index contributed by atoms with van der Waals surface area (Å²) >= 11 is 11.8. The van der Waals surface area contributed by atoms with Crippen LogP contribution in [0.15, 0.2) is 48.5 Å². The van der Waals surface area contributed by atoms with Crippen LogP contribution in [0.4, 0.5) is 5.69 Å². The lowest BCUT2D eigenvalue weighted by atomic mass is 10.2. The molecule has 0 saturated carbocycles. The van der Waals surface area contributed by atoms with Gasteiger partial charge in [0.1, 0.15) is 0 Å². The Balaban J connectivity index is 1.93. The van der Waals surface area contributed by atoms with Gasteiger partial charge in [0.25, 0.3) is 0 Å². The highest BCUT2D eigenvalue weighted by molar-refractivity contribution is 6.42. The summed E-state index contributed by atoms with van der Waals surface area (Å²) in [5, 5.41) is 3.74. The number of benzene rings is 2. The molecule has 3 nitrogen and oxygen atoms in total. The van der Waals surface area contributed by atoms with Gasteiger partial charge in [-0.25, -0.2) is 0 Å². The van der Waals surface area contributed by atoms with E-state index >= 15 is 0 Å². The topological polar surface area (TPSA) is 32.3 Å². The number of amides is 1. The van der Waals surface area contributed by atoms with Gasteiger partial charge in [-0.1, -0.05) is 60.5 Å². The zero-order valence-electron chi connectivity index (χ0n) is 12.4. The maximum Gasteiger partial charge on any atom is 0.238 e. The van der Waals surface area contributed by atoms with Crippen LogP contribution in [0.2, 0.25) is 10.0 Å². The Kier molecular flexibility index (Phi) is 6.25. The van der Waals surface area contributed by atoms with Crippen molar-refractivity contribution in [2.45, 2.75) is 13.5 Å². The molecule has 0 aliphatic carbocycles. The van der Waals surface area contributed by atoms with E-state index in [4.69, 9.17) is 23.2 Å². The van der Waals surface area contributed by atoms with E-state index in [-0.39, 0.29) is 5.91 Å². The first-order valence-corrected chi connectivity index (χ1v) is 7.85. The van der Waals surface area contributed by atoms with Gasteiger partial charge in [-0.05, 0) is 30.3 Å². The van der Waals surface area contributed by atoms with E-state index in [9.17, 15) is 4.79 Å². The van der Waals surface area contributed by atoms with E-state index in [1.165, 1.54) is 5.56 Å². The van der Waals surface area contributed by atoms with Gasteiger partial charge >= 0.3 is 0 Å². The van der Waals surface area contributed by atoms with Crippen molar-refractivity contribution < 1.29 is 4.79 Å². The average molecular weight is 337 g/mol. The number of hydrogen-bond donors (Lipinski definition) is 1. The lowest BCUT2D eigenvalue weighted by molar-refractivity contribution is -0.117. The van der Waals surface area contributed by atoms with Crippen molar-refractivity contribution in [2.75, 3.05) is 18.4 Å². The van der Waals surface area contributed by atoms with Crippen LogP contribution in [0.5, 0.6) is 0 Å². The molecular formula is C17H18Cl2N2O. The maximum absolute atomic E-state index is 12.1. The Labute approximate surface area is 140 Å². The largest absolute Gasteiger partial charge is 0.325 e. The third-order valence-electron chi connectivity index (χ3n) is 3.27. The highest BCUT2D eigenvalue weighted by atomic mass is 35.5. The summed E-state index contributed by atoms with van der Waals surface area (Å²) in [5.41, 5.74) is 1.84. The van der Waals surface area contributed by atoms with Crippen LogP contribution < -0.4 is 5.32 Å². The first kappa shape index (κ1) is 16.8. The molecule has 0 aromatic heterocycles. The quantitative estimate of drug-likeness (QED) is 0.844. The van der Waals surface area contributed by atoms with Crippen LogP contribution in [-0.4, -0.2) is 23.9 Å². The highest BCUT2D eigenvalue weighted by Crippen LogP contribution is 2.24. The Bertz CT molecular complexity index is 632. The lowest BCUT2D eigenvalue weighted by Gasteiger charge is -2.20. The summed E-state index contributed by atoms with van der Waals surface area (Å²) in [6.07, 6.45) is 0. The van der Waals surface area contributed by atoms with Gasteiger partial charge in [0.15, 0.2) is 0 Å². The van der Waals surface area contributed by atoms with Gasteiger partial charge in [-0.15, -0.1) is 0 Å². The lowest BCUT2D eigenvalue weighted by Crippen LogP contribution is -2.32. The molecule has 0 bridgehead atoms. The number of nitrogens with one attached hydrogen (secondary N) is 1. The smallest absolute Gasteiger partial charge is 0.238 e. The molecule has 0 saturated heterocycles. The second kappa shape index (κ2) is 8.18. The molecule has 22 heavy (non-hydrogen) atoms. The van der Waals surface area contributed by atoms with Gasteiger partial charge in [0.2, 0.25) is 5.91 Å². The summed E-state index contributed by atoms with van der Waals surface area (Å²) in [4.78, 5) is 14.2. The molecule has 1 N–H and O–H groups in total. The van der Waals surface area contributed by atoms with E-state index in [0.29, 0.717) is 22.3 Å². The Morgan fingerprint density at radius 1 is 1.09 bits per heavy atom. The van der Waals surface area contributed by atoms with E-state index in [1.54, 1.807) is 18.2 Å². The predicted molar refractivity (Wildman–Crippen MR) is 92.5 cm³/mol. The highest BCUT2D eigenvalue weighted by Gasteiger charge is 2.10. The number of hydrogen-bond acceptors (Lipinski definition) is 2. The summed E-state index contributed by atoms with van der Waals surface area (Å²) in [5.74, 6) is -0.0730. The van der Waals surface area contributed by atoms with Crippen LogP contribution in [0.1, 0.15) is 12.5 Å². The number of likely N-dealkylation sites (N-methyl/N-ethyl adjacent to an activating group) is 1. The number of carbonyl (C=O) groups is 1. The Hall–Kier alpha value is -1.55. The minimum Gasteiger partial charge on any atom is -0.325 e. The molecule has 1 amide bonds. The fraction of sp³-hybridized carbons (Fsp3) is 0.235. The molecule has 2 aromatic carbocycles. The van der Waals surface area contributed by atoms with E-state index < -0.39 is 0 Å². The van der Waals surface area contributed by atoms with Crippen molar-refractivity contribution in [3.8, 4) is 0 Å². The van der Waals surface area contributed by atoms with Gasteiger partial charge in [0.05, 0.1) is 16.6 Å². The molecule has 2 aromatic rings. The van der Waals surface area contributed by atoms with Gasteiger partial charge in [-0.3, -0.25) is 9.69 Å². The maximum atomic E-state index is 12.1. The van der Waals surface area contributed by atoms with Crippen LogP contribution in [0.3, 0.4) is 0 Å². The third kappa shape index (κ3) is 5.02.